The summed E-state index contributed by atoms with van der Waals surface area (Å²) in [4.78, 5) is 0. The zero-order chi connectivity index (χ0) is 17.2. The molecular weight excluding hydrogens is 376 g/mol. The van der Waals surface area contributed by atoms with Crippen LogP contribution in [0.1, 0.15) is 6.42 Å². The molecule has 0 bridgehead atoms. The van der Waals surface area contributed by atoms with Crippen LogP contribution in [0.3, 0.4) is 0 Å². The maximum Gasteiger partial charge on any atom is 0.397 e. The minimum atomic E-state index is -5.00. The average molecular weight is 388 g/mol. The summed E-state index contributed by atoms with van der Waals surface area (Å²) in [6.45, 7) is -1.37. The lowest BCUT2D eigenvalue weighted by Gasteiger charge is -2.33. The molecule has 0 spiro atoms. The molecule has 1 heterocycles. The van der Waals surface area contributed by atoms with Crippen molar-refractivity contribution >= 4 is 31.2 Å². The first-order chi connectivity index (χ1) is 9.75. The Hall–Kier alpha value is -0.430. The van der Waals surface area contributed by atoms with Gasteiger partial charge in [-0.3, -0.25) is 13.7 Å². The summed E-state index contributed by atoms with van der Waals surface area (Å²) in [5.41, 5.74) is 0. The van der Waals surface area contributed by atoms with Gasteiger partial charge in [0.05, 0.1) is 19.3 Å². The van der Waals surface area contributed by atoms with Gasteiger partial charge in [-0.25, -0.2) is 12.5 Å². The maximum absolute atomic E-state index is 10.7. The van der Waals surface area contributed by atoms with Gasteiger partial charge >= 0.3 is 31.2 Å². The summed E-state index contributed by atoms with van der Waals surface area (Å²) in [5.74, 6) is 0. The van der Waals surface area contributed by atoms with Crippen molar-refractivity contribution < 1.29 is 56.2 Å². The molecule has 1 saturated heterocycles. The second-order valence-electron chi connectivity index (χ2n) is 4.03. The maximum atomic E-state index is 10.7. The van der Waals surface area contributed by atoms with Gasteiger partial charge in [0.2, 0.25) is 0 Å². The van der Waals surface area contributed by atoms with E-state index in [0.29, 0.717) is 0 Å². The van der Waals surface area contributed by atoms with Gasteiger partial charge in [-0.15, -0.1) is 0 Å². The standard InChI is InChI=1S/C6H12O13S3/c7-20(8,9)17-2-4-1-5(18-21(10,11)12)6(3-16-4)19-22(13,14)15/h4-6H,1-3H2,(H,7,8,9)(H,10,11,12)(H,13,14,15)/t4?,5-,6?/m0/s1. The van der Waals surface area contributed by atoms with E-state index in [4.69, 9.17) is 18.4 Å². The summed E-state index contributed by atoms with van der Waals surface area (Å²) in [6, 6.07) is 0. The average Bonchev–Trinajstić information content (AvgIpc) is 2.24. The largest absolute Gasteiger partial charge is 0.397 e. The highest BCUT2D eigenvalue weighted by molar-refractivity contribution is 7.81. The summed E-state index contributed by atoms with van der Waals surface area (Å²) in [7, 11) is -14.7. The lowest BCUT2D eigenvalue weighted by atomic mass is 10.0. The fourth-order valence-electron chi connectivity index (χ4n) is 1.60. The first kappa shape index (κ1) is 19.6. The molecule has 2 unspecified atom stereocenters. The topological polar surface area (TPSA) is 200 Å². The van der Waals surface area contributed by atoms with E-state index in [1.165, 1.54) is 0 Å². The van der Waals surface area contributed by atoms with Crippen molar-refractivity contribution in [3.8, 4) is 0 Å². The molecule has 1 aliphatic rings. The smallest absolute Gasteiger partial charge is 0.373 e. The Labute approximate surface area is 126 Å². The van der Waals surface area contributed by atoms with Crippen molar-refractivity contribution in [2.75, 3.05) is 13.2 Å². The van der Waals surface area contributed by atoms with Crippen LogP contribution in [0.15, 0.2) is 0 Å². The van der Waals surface area contributed by atoms with Gasteiger partial charge in [0.1, 0.15) is 12.2 Å². The molecule has 0 aliphatic carbocycles. The Morgan fingerprint density at radius 1 is 0.864 bits per heavy atom. The normalized spacial score (nSPS) is 27.7. The molecule has 16 heteroatoms. The zero-order valence-corrected chi connectivity index (χ0v) is 13.0. The number of ether oxygens (including phenoxy) is 1. The molecule has 0 radical (unpaired) electrons. The third-order valence-corrected chi connectivity index (χ3v) is 3.71. The van der Waals surface area contributed by atoms with Crippen molar-refractivity contribution in [1.29, 1.82) is 0 Å². The zero-order valence-electron chi connectivity index (χ0n) is 10.5. The molecule has 0 aromatic heterocycles. The van der Waals surface area contributed by atoms with E-state index in [0.717, 1.165) is 0 Å². The lowest BCUT2D eigenvalue weighted by molar-refractivity contribution is -0.113. The summed E-state index contributed by atoms with van der Waals surface area (Å²) in [6.07, 6.45) is -4.87. The minimum Gasteiger partial charge on any atom is -0.373 e. The van der Waals surface area contributed by atoms with Crippen molar-refractivity contribution in [3.63, 3.8) is 0 Å². The van der Waals surface area contributed by atoms with E-state index >= 15 is 0 Å². The third-order valence-electron chi connectivity index (χ3n) is 2.30. The molecule has 3 atom stereocenters. The summed E-state index contributed by atoms with van der Waals surface area (Å²) >= 11 is 0. The Morgan fingerprint density at radius 3 is 1.82 bits per heavy atom. The molecule has 3 N–H and O–H groups in total. The van der Waals surface area contributed by atoms with E-state index in [-0.39, 0.29) is 0 Å². The van der Waals surface area contributed by atoms with Crippen LogP contribution in [-0.4, -0.2) is 70.4 Å². The van der Waals surface area contributed by atoms with Gasteiger partial charge in [0, 0.05) is 6.42 Å². The third kappa shape index (κ3) is 8.27. The molecule has 1 fully saturated rings. The molecule has 132 valence electrons. The van der Waals surface area contributed by atoms with Gasteiger partial charge < -0.3 is 4.74 Å². The second kappa shape index (κ2) is 6.99. The molecule has 0 aromatic rings. The van der Waals surface area contributed by atoms with Gasteiger partial charge in [-0.05, 0) is 0 Å². The highest BCUT2D eigenvalue weighted by atomic mass is 32.3. The van der Waals surface area contributed by atoms with Crippen molar-refractivity contribution in [2.24, 2.45) is 0 Å². The highest BCUT2D eigenvalue weighted by Gasteiger charge is 2.38. The molecule has 0 amide bonds. The van der Waals surface area contributed by atoms with Crippen molar-refractivity contribution in [3.05, 3.63) is 0 Å². The molecule has 0 aromatic carbocycles. The first-order valence-corrected chi connectivity index (χ1v) is 9.39. The van der Waals surface area contributed by atoms with E-state index < -0.39 is 69.1 Å². The Bertz CT molecular complexity index is 675. The fourth-order valence-corrected chi connectivity index (χ4v) is 2.93. The van der Waals surface area contributed by atoms with Crippen LogP contribution in [0.25, 0.3) is 0 Å². The predicted octanol–water partition coefficient (Wildman–Crippen LogP) is -2.03. The predicted molar refractivity (Wildman–Crippen MR) is 64.7 cm³/mol. The molecule has 0 saturated carbocycles. The van der Waals surface area contributed by atoms with Gasteiger partial charge in [0.25, 0.3) is 0 Å². The Balaban J connectivity index is 2.79. The van der Waals surface area contributed by atoms with Crippen LogP contribution >= 0.6 is 0 Å². The van der Waals surface area contributed by atoms with Crippen LogP contribution < -0.4 is 0 Å². The van der Waals surface area contributed by atoms with Crippen LogP contribution in [-0.2, 0) is 48.5 Å². The highest BCUT2D eigenvalue weighted by Crippen LogP contribution is 2.23. The van der Waals surface area contributed by atoms with E-state index in [9.17, 15) is 25.3 Å². The molecule has 1 aliphatic heterocycles. The van der Waals surface area contributed by atoms with Crippen LogP contribution in [0.5, 0.6) is 0 Å². The van der Waals surface area contributed by atoms with Crippen molar-refractivity contribution in [1.82, 2.24) is 0 Å². The molecule has 13 nitrogen and oxygen atoms in total. The number of hydrogen-bond acceptors (Lipinski definition) is 10. The molecule has 22 heavy (non-hydrogen) atoms. The summed E-state index contributed by atoms with van der Waals surface area (Å²) < 4.78 is 106. The van der Waals surface area contributed by atoms with Crippen LogP contribution in [0.2, 0.25) is 0 Å². The molecule has 1 rings (SSSR count). The van der Waals surface area contributed by atoms with E-state index in [2.05, 4.69) is 12.5 Å². The Morgan fingerprint density at radius 2 is 1.36 bits per heavy atom. The second-order valence-corrected chi connectivity index (χ2v) is 7.22. The quantitative estimate of drug-likeness (QED) is 0.403. The SMILES string of the molecule is O=S(=O)(O)OCC1C[C@H](OS(=O)(=O)O)C(OS(=O)(=O)O)CO1. The Kier molecular flexibility index (Phi) is 6.23. The van der Waals surface area contributed by atoms with E-state index in [1.54, 1.807) is 0 Å². The van der Waals surface area contributed by atoms with Gasteiger partial charge in [-0.2, -0.15) is 25.3 Å². The first-order valence-electron chi connectivity index (χ1n) is 5.30. The summed E-state index contributed by atoms with van der Waals surface area (Å²) in [5, 5.41) is 0. The van der Waals surface area contributed by atoms with Crippen molar-refractivity contribution in [2.45, 2.75) is 24.7 Å². The number of hydrogen-bond donors (Lipinski definition) is 3. The van der Waals surface area contributed by atoms with Gasteiger partial charge in [0.15, 0.2) is 0 Å². The van der Waals surface area contributed by atoms with Crippen LogP contribution in [0, 0.1) is 0 Å². The monoisotopic (exact) mass is 388 g/mol. The molecular formula is C6H12O13S3. The minimum absolute atomic E-state index is 0.491. The van der Waals surface area contributed by atoms with Crippen LogP contribution in [0.4, 0.5) is 0 Å². The van der Waals surface area contributed by atoms with Gasteiger partial charge in [-0.1, -0.05) is 0 Å². The number of rotatable bonds is 7. The fraction of sp³-hybridized carbons (Fsp3) is 1.00. The van der Waals surface area contributed by atoms with E-state index in [1.807, 2.05) is 0 Å². The lowest BCUT2D eigenvalue weighted by Crippen LogP contribution is -2.47.